The molecule has 12 heteroatoms. The van der Waals surface area contributed by atoms with Crippen molar-refractivity contribution in [3.05, 3.63) is 83.9 Å². The molecule has 0 heterocycles. The molecule has 0 atom stereocenters. The molecule has 0 aliphatic carbocycles. The average Bonchev–Trinajstić information content (AvgIpc) is 2.74. The zero-order chi connectivity index (χ0) is 24.4. The molecule has 0 saturated carbocycles. The molecule has 0 aliphatic rings. The monoisotopic (exact) mass is 482 g/mol. The predicted molar refractivity (Wildman–Crippen MR) is 117 cm³/mol. The van der Waals surface area contributed by atoms with Crippen LogP contribution in [-0.4, -0.2) is 25.9 Å². The summed E-state index contributed by atoms with van der Waals surface area (Å²) in [4.78, 5) is -1.98. The van der Waals surface area contributed by atoms with Crippen LogP contribution in [0.5, 0.6) is 0 Å². The molecule has 3 aromatic carbocycles. The number of hydrogen-bond donors (Lipinski definition) is 4. The van der Waals surface area contributed by atoms with Crippen LogP contribution in [0, 0.1) is 0 Å². The second-order valence-corrected chi connectivity index (χ2v) is 9.00. The van der Waals surface area contributed by atoms with Crippen molar-refractivity contribution in [3.63, 3.8) is 0 Å². The topological polar surface area (TPSA) is 222 Å². The van der Waals surface area contributed by atoms with E-state index in [-0.39, 0.29) is 0 Å². The molecular formula is C20H26N4O6S2. The molecule has 0 spiro atoms. The van der Waals surface area contributed by atoms with Gasteiger partial charge in [-0.05, 0) is 12.1 Å². The first-order valence-corrected chi connectivity index (χ1v) is 12.0. The first-order chi connectivity index (χ1) is 14.9. The van der Waals surface area contributed by atoms with Gasteiger partial charge in [0.15, 0.2) is 0 Å². The molecule has 174 valence electrons. The number of anilines is 2. The highest BCUT2D eigenvalue weighted by atomic mass is 32.2. The van der Waals surface area contributed by atoms with Crippen molar-refractivity contribution in [1.82, 2.24) is 0 Å². The zero-order valence-electron chi connectivity index (χ0n) is 17.2. The van der Waals surface area contributed by atoms with Gasteiger partial charge in [0.25, 0.3) is 0 Å². The summed E-state index contributed by atoms with van der Waals surface area (Å²) in [5.74, 6) is 0. The zero-order valence-corrected chi connectivity index (χ0v) is 18.8. The summed E-state index contributed by atoms with van der Waals surface area (Å²) in [6.45, 7) is 1.78. The summed E-state index contributed by atoms with van der Waals surface area (Å²) < 4.78 is 64.0. The maximum absolute atomic E-state index is 10.7. The van der Waals surface area contributed by atoms with E-state index >= 15 is 0 Å². The SMILES string of the molecule is Nc1cc(N)c(S(=O)(=O)[O-])cc1S(=O)(=O)[O-].[NH3+]Cc1ccccc1.[NH3+]Cc1ccccc1. The molecule has 10 nitrogen and oxygen atoms in total. The number of rotatable bonds is 4. The van der Waals surface area contributed by atoms with Crippen molar-refractivity contribution >= 4 is 31.6 Å². The fourth-order valence-corrected chi connectivity index (χ4v) is 3.61. The lowest BCUT2D eigenvalue weighted by molar-refractivity contribution is -0.386. The van der Waals surface area contributed by atoms with Gasteiger partial charge in [0.2, 0.25) is 0 Å². The molecule has 3 rings (SSSR count). The second-order valence-electron chi connectivity index (χ2n) is 6.31. The lowest BCUT2D eigenvalue weighted by atomic mass is 10.2. The Balaban J connectivity index is 0.000000267. The van der Waals surface area contributed by atoms with Gasteiger partial charge in [0.1, 0.15) is 20.2 Å². The number of quaternary nitrogens is 2. The molecule has 10 N–H and O–H groups in total. The quantitative estimate of drug-likeness (QED) is 0.280. The third-order valence-electron chi connectivity index (χ3n) is 3.94. The Bertz CT molecular complexity index is 1110. The van der Waals surface area contributed by atoms with Crippen LogP contribution < -0.4 is 22.9 Å². The van der Waals surface area contributed by atoms with Crippen LogP contribution in [0.15, 0.2) is 82.6 Å². The van der Waals surface area contributed by atoms with Gasteiger partial charge < -0.3 is 32.0 Å². The number of nitrogen functional groups attached to an aromatic ring is 2. The summed E-state index contributed by atoms with van der Waals surface area (Å²) in [5, 5.41) is 0. The molecule has 0 aromatic heterocycles. The van der Waals surface area contributed by atoms with Crippen LogP contribution in [0.3, 0.4) is 0 Å². The molecule has 0 unspecified atom stereocenters. The van der Waals surface area contributed by atoms with Gasteiger partial charge in [-0.25, -0.2) is 16.8 Å². The van der Waals surface area contributed by atoms with E-state index in [1.807, 2.05) is 36.4 Å². The van der Waals surface area contributed by atoms with Gasteiger partial charge in [-0.3, -0.25) is 0 Å². The number of benzene rings is 3. The van der Waals surface area contributed by atoms with E-state index in [0.717, 1.165) is 19.2 Å². The normalized spacial score (nSPS) is 10.9. The lowest BCUT2D eigenvalue weighted by Crippen LogP contribution is -2.47. The van der Waals surface area contributed by atoms with Gasteiger partial charge in [-0.1, -0.05) is 60.7 Å². The molecule has 32 heavy (non-hydrogen) atoms. The average molecular weight is 483 g/mol. The van der Waals surface area contributed by atoms with Crippen molar-refractivity contribution in [1.29, 1.82) is 0 Å². The van der Waals surface area contributed by atoms with E-state index in [4.69, 9.17) is 11.5 Å². The van der Waals surface area contributed by atoms with Gasteiger partial charge >= 0.3 is 0 Å². The van der Waals surface area contributed by atoms with E-state index in [1.54, 1.807) is 0 Å². The van der Waals surface area contributed by atoms with E-state index in [9.17, 15) is 25.9 Å². The highest BCUT2D eigenvalue weighted by molar-refractivity contribution is 7.86. The number of hydrogen-bond acceptors (Lipinski definition) is 8. The molecule has 0 fully saturated rings. The Morgan fingerprint density at radius 3 is 1.16 bits per heavy atom. The van der Waals surface area contributed by atoms with E-state index in [1.165, 1.54) is 11.1 Å². The smallest absolute Gasteiger partial charge is 0.126 e. The Hall–Kier alpha value is -3.00. The molecule has 0 bridgehead atoms. The molecule has 0 aliphatic heterocycles. The Labute approximate surface area is 187 Å². The van der Waals surface area contributed by atoms with Crippen molar-refractivity contribution in [2.45, 2.75) is 22.9 Å². The standard InChI is InChI=1S/2C7H9N.C6H8N2O6S2/c2*8-6-7-4-2-1-3-5-7;7-3-1-4(8)6(16(12,13)14)2-5(3)15(9,10)11/h2*1-5H,6,8H2;1-2H,7-8H2,(H,9,10,11)(H,12,13,14). The third-order valence-corrected chi connectivity index (χ3v) is 5.73. The molecule has 0 saturated heterocycles. The van der Waals surface area contributed by atoms with Crippen LogP contribution in [0.4, 0.5) is 11.4 Å². The maximum Gasteiger partial charge on any atom is 0.126 e. The third kappa shape index (κ3) is 9.01. The summed E-state index contributed by atoms with van der Waals surface area (Å²) in [6, 6.07) is 21.5. The fourth-order valence-electron chi connectivity index (χ4n) is 2.32. The van der Waals surface area contributed by atoms with Gasteiger partial charge in [0, 0.05) is 11.1 Å². The summed E-state index contributed by atoms with van der Waals surface area (Å²) in [6.07, 6.45) is 0. The van der Waals surface area contributed by atoms with Crippen LogP contribution in [0.2, 0.25) is 0 Å². The van der Waals surface area contributed by atoms with Crippen LogP contribution in [0.1, 0.15) is 11.1 Å². The minimum Gasteiger partial charge on any atom is -0.744 e. The van der Waals surface area contributed by atoms with Crippen LogP contribution in [0.25, 0.3) is 0 Å². The maximum atomic E-state index is 10.7. The molecule has 0 radical (unpaired) electrons. The Kier molecular flexibility index (Phi) is 10.3. The van der Waals surface area contributed by atoms with Gasteiger partial charge in [-0.15, -0.1) is 0 Å². The van der Waals surface area contributed by atoms with E-state index in [2.05, 4.69) is 35.7 Å². The van der Waals surface area contributed by atoms with E-state index in [0.29, 0.717) is 6.07 Å². The fraction of sp³-hybridized carbons (Fsp3) is 0.100. The first-order valence-electron chi connectivity index (χ1n) is 9.17. The summed E-state index contributed by atoms with van der Waals surface area (Å²) >= 11 is 0. The predicted octanol–water partition coefficient (Wildman–Crippen LogP) is -0.484. The minimum absolute atomic E-state index is 0.356. The van der Waals surface area contributed by atoms with Crippen LogP contribution >= 0.6 is 0 Å². The highest BCUT2D eigenvalue weighted by Crippen LogP contribution is 2.27. The van der Waals surface area contributed by atoms with Crippen molar-refractivity contribution in [3.8, 4) is 0 Å². The minimum atomic E-state index is -4.97. The Morgan fingerprint density at radius 2 is 0.938 bits per heavy atom. The summed E-state index contributed by atoms with van der Waals surface area (Å²) in [7, 11) is -9.93. The van der Waals surface area contributed by atoms with Crippen molar-refractivity contribution in [2.24, 2.45) is 0 Å². The highest BCUT2D eigenvalue weighted by Gasteiger charge is 2.14. The molecular weight excluding hydrogens is 456 g/mol. The number of nitrogens with two attached hydrogens (primary N) is 2. The molecule has 3 aromatic rings. The molecule has 0 amide bonds. The first kappa shape index (κ1) is 27.0. The Morgan fingerprint density at radius 1 is 0.625 bits per heavy atom. The van der Waals surface area contributed by atoms with Gasteiger partial charge in [0.05, 0.1) is 34.3 Å². The van der Waals surface area contributed by atoms with Crippen molar-refractivity contribution < 1.29 is 37.4 Å². The lowest BCUT2D eigenvalue weighted by Gasteiger charge is -2.15. The van der Waals surface area contributed by atoms with Crippen LogP contribution in [-0.2, 0) is 33.3 Å². The van der Waals surface area contributed by atoms with Crippen molar-refractivity contribution in [2.75, 3.05) is 11.5 Å². The second kappa shape index (κ2) is 12.1. The summed E-state index contributed by atoms with van der Waals surface area (Å²) in [5.41, 5.74) is 19.4. The van der Waals surface area contributed by atoms with E-state index < -0.39 is 41.4 Å². The largest absolute Gasteiger partial charge is 0.744 e. The van der Waals surface area contributed by atoms with Gasteiger partial charge in [-0.2, -0.15) is 0 Å².